The molecule has 0 spiro atoms. The van der Waals surface area contributed by atoms with Gasteiger partial charge < -0.3 is 9.32 Å². The van der Waals surface area contributed by atoms with E-state index in [0.717, 1.165) is 61.3 Å². The van der Waals surface area contributed by atoms with Crippen LogP contribution >= 0.6 is 0 Å². The molecule has 12 rings (SSSR count). The van der Waals surface area contributed by atoms with Gasteiger partial charge in [0.2, 0.25) is 0 Å². The molecule has 12 aromatic rings. The molecular weight excluding hydrogens is 751 g/mol. The van der Waals surface area contributed by atoms with Crippen molar-refractivity contribution in [3.8, 4) is 44.5 Å². The Balaban J connectivity index is 1.06. The second-order valence-electron chi connectivity index (χ2n) is 16.1. The molecule has 0 amide bonds. The maximum atomic E-state index is 6.36. The Morgan fingerprint density at radius 2 is 0.855 bits per heavy atom. The SMILES string of the molecule is c1ccc(-c2ccc(-c3cc4ccccc4c4ccccc34)cc2N(c2ccc(-c3cccc(-c4cccc5ccccc45)c3)cc2)c2ccc3oc4ccccc4c3c2)cc1. The van der Waals surface area contributed by atoms with Crippen LogP contribution in [-0.2, 0) is 0 Å². The van der Waals surface area contributed by atoms with E-state index in [1.807, 2.05) is 12.1 Å². The summed E-state index contributed by atoms with van der Waals surface area (Å²) < 4.78 is 6.36. The van der Waals surface area contributed by atoms with Gasteiger partial charge in [-0.3, -0.25) is 0 Å². The zero-order valence-corrected chi connectivity index (χ0v) is 33.9. The smallest absolute Gasteiger partial charge is 0.135 e. The molecule has 0 radical (unpaired) electrons. The summed E-state index contributed by atoms with van der Waals surface area (Å²) in [5.41, 5.74) is 14.4. The molecule has 62 heavy (non-hydrogen) atoms. The molecule has 2 heteroatoms. The lowest BCUT2D eigenvalue weighted by Gasteiger charge is -2.29. The molecule has 0 aliphatic rings. The molecule has 290 valence electrons. The van der Waals surface area contributed by atoms with Crippen LogP contribution in [0.2, 0.25) is 0 Å². The first-order valence-electron chi connectivity index (χ1n) is 21.2. The van der Waals surface area contributed by atoms with Crippen molar-refractivity contribution in [3.63, 3.8) is 0 Å². The summed E-state index contributed by atoms with van der Waals surface area (Å²) in [6, 6.07) is 85.7. The molecule has 0 saturated carbocycles. The standard InChI is InChI=1S/C60H39NO/c1-2-14-42(15-3-1)52-34-30-46(56-37-45-17-5-7-22-51(45)53-23-8-9-24-54(53)56)38-58(52)61(48-33-35-60-57(39-48)55-25-10-11-27-59(55)62-60)47-31-28-40(29-32-47)43-19-12-20-44(36-43)50-26-13-18-41-16-4-6-21-49(41)50/h1-39H. The normalized spacial score (nSPS) is 11.5. The largest absolute Gasteiger partial charge is 0.456 e. The van der Waals surface area contributed by atoms with E-state index in [4.69, 9.17) is 4.42 Å². The number of furan rings is 1. The Kier molecular flexibility index (Phi) is 8.53. The fraction of sp³-hybridized carbons (Fsp3) is 0. The molecule has 0 fully saturated rings. The van der Waals surface area contributed by atoms with Gasteiger partial charge in [0.1, 0.15) is 11.2 Å². The van der Waals surface area contributed by atoms with Crippen molar-refractivity contribution in [3.05, 3.63) is 237 Å². The Morgan fingerprint density at radius 1 is 0.258 bits per heavy atom. The number of hydrogen-bond donors (Lipinski definition) is 0. The van der Waals surface area contributed by atoms with Crippen molar-refractivity contribution in [2.75, 3.05) is 4.90 Å². The highest BCUT2D eigenvalue weighted by Gasteiger charge is 2.21. The maximum absolute atomic E-state index is 6.36. The van der Waals surface area contributed by atoms with Crippen LogP contribution < -0.4 is 4.90 Å². The second kappa shape index (κ2) is 14.8. The third-order valence-corrected chi connectivity index (χ3v) is 12.4. The third kappa shape index (κ3) is 6.12. The average Bonchev–Trinajstić information content (AvgIpc) is 3.72. The number of para-hydroxylation sites is 1. The van der Waals surface area contributed by atoms with Crippen LogP contribution in [-0.4, -0.2) is 0 Å². The zero-order chi connectivity index (χ0) is 41.0. The maximum Gasteiger partial charge on any atom is 0.135 e. The van der Waals surface area contributed by atoms with Gasteiger partial charge in [0, 0.05) is 27.7 Å². The Morgan fingerprint density at radius 3 is 1.71 bits per heavy atom. The topological polar surface area (TPSA) is 16.4 Å². The molecule has 0 aliphatic heterocycles. The average molecular weight is 790 g/mol. The summed E-state index contributed by atoms with van der Waals surface area (Å²) in [7, 11) is 0. The van der Waals surface area contributed by atoms with Crippen molar-refractivity contribution < 1.29 is 4.42 Å². The van der Waals surface area contributed by atoms with Crippen LogP contribution in [0.25, 0.3) is 98.8 Å². The monoisotopic (exact) mass is 789 g/mol. The Bertz CT molecular complexity index is 3630. The number of anilines is 3. The molecule has 0 unspecified atom stereocenters. The zero-order valence-electron chi connectivity index (χ0n) is 33.9. The van der Waals surface area contributed by atoms with Gasteiger partial charge in [-0.05, 0) is 126 Å². The van der Waals surface area contributed by atoms with Crippen LogP contribution in [0.1, 0.15) is 0 Å². The summed E-state index contributed by atoms with van der Waals surface area (Å²) in [6.45, 7) is 0. The van der Waals surface area contributed by atoms with Crippen LogP contribution in [0.15, 0.2) is 241 Å². The molecule has 0 aliphatic carbocycles. The molecule has 0 atom stereocenters. The minimum absolute atomic E-state index is 0.871. The quantitative estimate of drug-likeness (QED) is 0.150. The van der Waals surface area contributed by atoms with Crippen LogP contribution in [0.4, 0.5) is 17.1 Å². The highest BCUT2D eigenvalue weighted by Crippen LogP contribution is 2.46. The molecule has 1 heterocycles. The minimum atomic E-state index is 0.871. The summed E-state index contributed by atoms with van der Waals surface area (Å²) >= 11 is 0. The van der Waals surface area contributed by atoms with Crippen LogP contribution in [0.3, 0.4) is 0 Å². The van der Waals surface area contributed by atoms with E-state index in [-0.39, 0.29) is 0 Å². The third-order valence-electron chi connectivity index (χ3n) is 12.4. The summed E-state index contributed by atoms with van der Waals surface area (Å²) in [5.74, 6) is 0. The van der Waals surface area contributed by atoms with Gasteiger partial charge >= 0.3 is 0 Å². The van der Waals surface area contributed by atoms with E-state index in [1.165, 1.54) is 54.6 Å². The molecule has 2 nitrogen and oxygen atoms in total. The van der Waals surface area contributed by atoms with E-state index < -0.39 is 0 Å². The number of rotatable bonds is 7. The Hall–Kier alpha value is -8.20. The highest BCUT2D eigenvalue weighted by atomic mass is 16.3. The molecule has 0 saturated heterocycles. The first kappa shape index (κ1) is 35.7. The van der Waals surface area contributed by atoms with Crippen LogP contribution in [0.5, 0.6) is 0 Å². The number of fused-ring (bicyclic) bond motifs is 7. The minimum Gasteiger partial charge on any atom is -0.456 e. The first-order valence-corrected chi connectivity index (χ1v) is 21.2. The van der Waals surface area contributed by atoms with Gasteiger partial charge in [-0.2, -0.15) is 0 Å². The van der Waals surface area contributed by atoms with Gasteiger partial charge in [0.25, 0.3) is 0 Å². The molecule has 11 aromatic carbocycles. The fourth-order valence-corrected chi connectivity index (χ4v) is 9.47. The Labute approximate surface area is 360 Å². The second-order valence-corrected chi connectivity index (χ2v) is 16.1. The lowest BCUT2D eigenvalue weighted by molar-refractivity contribution is 0.669. The lowest BCUT2D eigenvalue weighted by atomic mass is 9.91. The fourth-order valence-electron chi connectivity index (χ4n) is 9.47. The number of benzene rings is 11. The van der Waals surface area contributed by atoms with E-state index in [1.54, 1.807) is 0 Å². The van der Waals surface area contributed by atoms with Gasteiger partial charge in [0.05, 0.1) is 5.69 Å². The van der Waals surface area contributed by atoms with Crippen molar-refractivity contribution in [1.29, 1.82) is 0 Å². The first-order chi connectivity index (χ1) is 30.7. The lowest BCUT2D eigenvalue weighted by Crippen LogP contribution is -2.11. The van der Waals surface area contributed by atoms with Crippen molar-refractivity contribution in [2.24, 2.45) is 0 Å². The predicted octanol–water partition coefficient (Wildman–Crippen LogP) is 17.2. The van der Waals surface area contributed by atoms with Crippen molar-refractivity contribution in [1.82, 2.24) is 0 Å². The van der Waals surface area contributed by atoms with Crippen LogP contribution in [0, 0.1) is 0 Å². The van der Waals surface area contributed by atoms with Gasteiger partial charge in [-0.1, -0.05) is 182 Å². The van der Waals surface area contributed by atoms with Crippen molar-refractivity contribution in [2.45, 2.75) is 0 Å². The highest BCUT2D eigenvalue weighted by molar-refractivity contribution is 6.14. The van der Waals surface area contributed by atoms with E-state index >= 15 is 0 Å². The molecular formula is C60H39NO. The van der Waals surface area contributed by atoms with E-state index in [9.17, 15) is 0 Å². The van der Waals surface area contributed by atoms with Gasteiger partial charge in [-0.25, -0.2) is 0 Å². The number of nitrogens with zero attached hydrogens (tertiary/aromatic N) is 1. The number of hydrogen-bond acceptors (Lipinski definition) is 2. The van der Waals surface area contributed by atoms with Gasteiger partial charge in [0.15, 0.2) is 0 Å². The van der Waals surface area contributed by atoms with Crippen molar-refractivity contribution >= 4 is 71.3 Å². The molecule has 0 bridgehead atoms. The molecule has 0 N–H and O–H groups in total. The summed E-state index contributed by atoms with van der Waals surface area (Å²) in [4.78, 5) is 2.42. The predicted molar refractivity (Wildman–Crippen MR) is 263 cm³/mol. The summed E-state index contributed by atoms with van der Waals surface area (Å²) in [5, 5.41) is 9.67. The van der Waals surface area contributed by atoms with Gasteiger partial charge in [-0.15, -0.1) is 0 Å². The van der Waals surface area contributed by atoms with E-state index in [0.29, 0.717) is 0 Å². The summed E-state index contributed by atoms with van der Waals surface area (Å²) in [6.07, 6.45) is 0. The van der Waals surface area contributed by atoms with E-state index in [2.05, 4.69) is 229 Å². The molecule has 1 aromatic heterocycles.